The number of amides is 1. The fourth-order valence-electron chi connectivity index (χ4n) is 1.18. The summed E-state index contributed by atoms with van der Waals surface area (Å²) in [7, 11) is 0. The summed E-state index contributed by atoms with van der Waals surface area (Å²) in [5.41, 5.74) is 0. The number of carbonyl (C=O) groups is 1. The molecule has 0 saturated carbocycles. The lowest BCUT2D eigenvalue weighted by atomic mass is 10.1. The van der Waals surface area contributed by atoms with E-state index in [4.69, 9.17) is 0 Å². The van der Waals surface area contributed by atoms with Gasteiger partial charge in [0.2, 0.25) is 5.91 Å². The van der Waals surface area contributed by atoms with Gasteiger partial charge in [-0.05, 0) is 23.8 Å². The van der Waals surface area contributed by atoms with Crippen molar-refractivity contribution < 1.29 is 4.79 Å². The molecule has 12 heavy (non-hydrogen) atoms. The molecule has 0 bridgehead atoms. The first-order chi connectivity index (χ1) is 5.83. The Labute approximate surface area is 86.0 Å². The fourth-order valence-corrected chi connectivity index (χ4v) is 2.82. The molecule has 1 rings (SSSR count). The molecule has 1 fully saturated rings. The maximum Gasteiger partial charge on any atom is 0.220 e. The summed E-state index contributed by atoms with van der Waals surface area (Å²) in [6.45, 7) is 0.874. The predicted molar refractivity (Wildman–Crippen MR) is 56.9 cm³/mol. The minimum absolute atomic E-state index is 0.170. The van der Waals surface area contributed by atoms with Crippen LogP contribution in [0.25, 0.3) is 0 Å². The molecule has 2 nitrogen and oxygen atoms in total. The summed E-state index contributed by atoms with van der Waals surface area (Å²) in [5.74, 6) is 3.37. The Bertz CT molecular complexity index is 148. The third-order valence-electron chi connectivity index (χ3n) is 1.93. The van der Waals surface area contributed by atoms with Crippen LogP contribution in [-0.4, -0.2) is 29.3 Å². The zero-order valence-electron chi connectivity index (χ0n) is 7.01. The van der Waals surface area contributed by atoms with E-state index in [1.807, 2.05) is 11.8 Å². The second-order valence-electron chi connectivity index (χ2n) is 2.97. The van der Waals surface area contributed by atoms with Gasteiger partial charge in [-0.3, -0.25) is 4.79 Å². The van der Waals surface area contributed by atoms with Crippen molar-refractivity contribution in [3.05, 3.63) is 0 Å². The highest BCUT2D eigenvalue weighted by atomic mass is 79.9. The van der Waals surface area contributed by atoms with Crippen LogP contribution < -0.4 is 5.32 Å². The Balaban J connectivity index is 2.03. The summed E-state index contributed by atoms with van der Waals surface area (Å²) in [6, 6.07) is 0. The van der Waals surface area contributed by atoms with Crippen LogP contribution in [0.2, 0.25) is 0 Å². The molecule has 70 valence electrons. The van der Waals surface area contributed by atoms with Crippen LogP contribution in [-0.2, 0) is 4.79 Å². The summed E-state index contributed by atoms with van der Waals surface area (Å²) in [6.07, 6.45) is 1.86. The number of hydrogen-bond acceptors (Lipinski definition) is 2. The average molecular weight is 252 g/mol. The summed E-state index contributed by atoms with van der Waals surface area (Å²) < 4.78 is 0. The van der Waals surface area contributed by atoms with E-state index in [2.05, 4.69) is 21.2 Å². The molecule has 0 spiro atoms. The molecular formula is C8H14BrNOS. The number of alkyl halides is 1. The first-order valence-electron chi connectivity index (χ1n) is 4.23. The van der Waals surface area contributed by atoms with Crippen molar-refractivity contribution in [1.29, 1.82) is 0 Å². The second kappa shape index (κ2) is 5.86. The third-order valence-corrected chi connectivity index (χ3v) is 3.56. The van der Waals surface area contributed by atoms with Crippen molar-refractivity contribution in [1.82, 2.24) is 5.32 Å². The average Bonchev–Trinajstić information content (AvgIpc) is 2.53. The highest BCUT2D eigenvalue weighted by molar-refractivity contribution is 9.09. The van der Waals surface area contributed by atoms with Gasteiger partial charge in [0.25, 0.3) is 0 Å². The lowest BCUT2D eigenvalue weighted by molar-refractivity contribution is -0.120. The Morgan fingerprint density at radius 1 is 1.67 bits per heavy atom. The van der Waals surface area contributed by atoms with E-state index in [9.17, 15) is 4.79 Å². The van der Waals surface area contributed by atoms with Gasteiger partial charge < -0.3 is 5.32 Å². The molecule has 0 aromatic rings. The van der Waals surface area contributed by atoms with Crippen molar-refractivity contribution in [2.24, 2.45) is 5.92 Å². The van der Waals surface area contributed by atoms with E-state index in [1.54, 1.807) is 0 Å². The lowest BCUT2D eigenvalue weighted by Gasteiger charge is -2.08. The fraction of sp³-hybridized carbons (Fsp3) is 0.875. The van der Waals surface area contributed by atoms with Gasteiger partial charge in [-0.25, -0.2) is 0 Å². The van der Waals surface area contributed by atoms with Crippen molar-refractivity contribution in [2.75, 3.05) is 23.4 Å². The van der Waals surface area contributed by atoms with Crippen LogP contribution in [0.15, 0.2) is 0 Å². The van der Waals surface area contributed by atoms with E-state index in [0.717, 1.165) is 11.9 Å². The quantitative estimate of drug-likeness (QED) is 0.771. The maximum atomic E-state index is 11.1. The standard InChI is InChI=1S/C8H14BrNOS/c9-3-1-8(11)10-5-7-2-4-12-6-7/h7H,1-6H2,(H,10,11). The van der Waals surface area contributed by atoms with Gasteiger partial charge in [-0.2, -0.15) is 11.8 Å². The van der Waals surface area contributed by atoms with Crippen molar-refractivity contribution in [3.63, 3.8) is 0 Å². The number of nitrogens with one attached hydrogen (secondary N) is 1. The molecule has 1 aliphatic rings. The molecular weight excluding hydrogens is 238 g/mol. The van der Waals surface area contributed by atoms with E-state index in [-0.39, 0.29) is 5.91 Å². The number of hydrogen-bond donors (Lipinski definition) is 1. The molecule has 1 saturated heterocycles. The summed E-state index contributed by atoms with van der Waals surface area (Å²) in [5, 5.41) is 3.71. The molecule has 1 aliphatic heterocycles. The van der Waals surface area contributed by atoms with Gasteiger partial charge in [-0.15, -0.1) is 0 Å². The first kappa shape index (κ1) is 10.4. The van der Waals surface area contributed by atoms with Gasteiger partial charge in [0.05, 0.1) is 0 Å². The summed E-state index contributed by atoms with van der Waals surface area (Å²) in [4.78, 5) is 11.1. The molecule has 0 aliphatic carbocycles. The molecule has 0 radical (unpaired) electrons. The topological polar surface area (TPSA) is 29.1 Å². The molecule has 1 amide bonds. The van der Waals surface area contributed by atoms with Crippen LogP contribution in [0.4, 0.5) is 0 Å². The molecule has 1 atom stereocenters. The maximum absolute atomic E-state index is 11.1. The zero-order valence-corrected chi connectivity index (χ0v) is 9.42. The number of carbonyl (C=O) groups excluding carboxylic acids is 1. The van der Waals surface area contributed by atoms with Gasteiger partial charge >= 0.3 is 0 Å². The number of halogens is 1. The van der Waals surface area contributed by atoms with E-state index < -0.39 is 0 Å². The third kappa shape index (κ3) is 3.81. The Kier molecular flexibility index (Phi) is 5.07. The minimum Gasteiger partial charge on any atom is -0.356 e. The van der Waals surface area contributed by atoms with E-state index in [0.29, 0.717) is 12.3 Å². The van der Waals surface area contributed by atoms with Crippen LogP contribution in [0, 0.1) is 5.92 Å². The number of thioether (sulfide) groups is 1. The zero-order chi connectivity index (χ0) is 8.81. The Hall–Kier alpha value is 0.300. The largest absolute Gasteiger partial charge is 0.356 e. The van der Waals surface area contributed by atoms with E-state index >= 15 is 0 Å². The summed E-state index contributed by atoms with van der Waals surface area (Å²) >= 11 is 5.23. The Morgan fingerprint density at radius 2 is 2.50 bits per heavy atom. The first-order valence-corrected chi connectivity index (χ1v) is 6.51. The van der Waals surface area contributed by atoms with Crippen LogP contribution in [0.1, 0.15) is 12.8 Å². The molecule has 1 unspecified atom stereocenters. The van der Waals surface area contributed by atoms with Crippen LogP contribution in [0.5, 0.6) is 0 Å². The van der Waals surface area contributed by atoms with Gasteiger partial charge in [-0.1, -0.05) is 15.9 Å². The predicted octanol–water partition coefficient (Wildman–Crippen LogP) is 1.64. The molecule has 4 heteroatoms. The molecule has 1 N–H and O–H groups in total. The number of rotatable bonds is 4. The van der Waals surface area contributed by atoms with Crippen molar-refractivity contribution in [3.8, 4) is 0 Å². The Morgan fingerprint density at radius 3 is 3.08 bits per heavy atom. The molecule has 0 aromatic heterocycles. The lowest BCUT2D eigenvalue weighted by Crippen LogP contribution is -2.29. The van der Waals surface area contributed by atoms with E-state index in [1.165, 1.54) is 17.9 Å². The molecule has 0 aromatic carbocycles. The normalized spacial score (nSPS) is 22.6. The smallest absolute Gasteiger partial charge is 0.220 e. The second-order valence-corrected chi connectivity index (χ2v) is 4.92. The van der Waals surface area contributed by atoms with Crippen LogP contribution >= 0.6 is 27.7 Å². The van der Waals surface area contributed by atoms with Crippen molar-refractivity contribution in [2.45, 2.75) is 12.8 Å². The van der Waals surface area contributed by atoms with Crippen molar-refractivity contribution >= 4 is 33.6 Å². The van der Waals surface area contributed by atoms with Gasteiger partial charge in [0, 0.05) is 18.3 Å². The van der Waals surface area contributed by atoms with Gasteiger partial charge in [0.1, 0.15) is 0 Å². The highest BCUT2D eigenvalue weighted by Crippen LogP contribution is 2.22. The SMILES string of the molecule is O=C(CCBr)NCC1CCSC1. The van der Waals surface area contributed by atoms with Crippen LogP contribution in [0.3, 0.4) is 0 Å². The molecule has 1 heterocycles. The van der Waals surface area contributed by atoms with Gasteiger partial charge in [0.15, 0.2) is 0 Å². The minimum atomic E-state index is 0.170. The highest BCUT2D eigenvalue weighted by Gasteiger charge is 2.15. The monoisotopic (exact) mass is 251 g/mol.